The number of rotatable bonds is 4. The number of nitrogens with two attached hydrogens (primary N) is 1. The van der Waals surface area contributed by atoms with E-state index >= 15 is 0 Å². The summed E-state index contributed by atoms with van der Waals surface area (Å²) in [4.78, 5) is 0.356. The van der Waals surface area contributed by atoms with Crippen molar-refractivity contribution in [2.24, 2.45) is 5.73 Å². The fourth-order valence-electron chi connectivity index (χ4n) is 2.12. The van der Waals surface area contributed by atoms with Gasteiger partial charge in [-0.05, 0) is 31.9 Å². The lowest BCUT2D eigenvalue weighted by Crippen LogP contribution is -2.49. The molecule has 0 saturated carbocycles. The third kappa shape index (κ3) is 3.54. The highest BCUT2D eigenvalue weighted by Gasteiger charge is 2.32. The van der Waals surface area contributed by atoms with Crippen molar-refractivity contribution in [2.75, 3.05) is 13.2 Å². The molecule has 1 aliphatic heterocycles. The van der Waals surface area contributed by atoms with Crippen LogP contribution < -0.4 is 10.5 Å². The molecule has 0 radical (unpaired) electrons. The van der Waals surface area contributed by atoms with Crippen LogP contribution in [-0.2, 0) is 14.8 Å². The topological polar surface area (TPSA) is 81.4 Å². The first-order valence-corrected chi connectivity index (χ1v) is 8.23. The second kappa shape index (κ2) is 5.77. The van der Waals surface area contributed by atoms with Crippen LogP contribution in [-0.4, -0.2) is 32.2 Å². The summed E-state index contributed by atoms with van der Waals surface area (Å²) in [6.45, 7) is 3.02. The molecule has 0 atom stereocenters. The van der Waals surface area contributed by atoms with Crippen LogP contribution in [0.2, 0.25) is 0 Å². The van der Waals surface area contributed by atoms with Crippen LogP contribution in [0, 0.1) is 0 Å². The van der Waals surface area contributed by atoms with Gasteiger partial charge in [0, 0.05) is 24.3 Å². The van der Waals surface area contributed by atoms with Gasteiger partial charge in [-0.25, -0.2) is 13.1 Å². The highest BCUT2D eigenvalue weighted by Crippen LogP contribution is 2.23. The normalized spacial score (nSPS) is 18.6. The van der Waals surface area contributed by atoms with Crippen molar-refractivity contribution in [3.8, 4) is 0 Å². The zero-order valence-corrected chi connectivity index (χ0v) is 12.9. The number of benzene rings is 1. The van der Waals surface area contributed by atoms with Crippen LogP contribution in [0.3, 0.4) is 0 Å². The van der Waals surface area contributed by atoms with E-state index < -0.39 is 15.6 Å². The minimum atomic E-state index is -3.60. The molecule has 5 nitrogen and oxygen atoms in total. The fourth-order valence-corrected chi connectivity index (χ4v) is 3.76. The number of hydrogen-bond donors (Lipinski definition) is 2. The Morgan fingerprint density at radius 3 is 2.65 bits per heavy atom. The van der Waals surface area contributed by atoms with Gasteiger partial charge in [0.05, 0.1) is 4.90 Å². The zero-order chi connectivity index (χ0) is 14.8. The molecule has 0 bridgehead atoms. The maximum absolute atomic E-state index is 12.4. The van der Waals surface area contributed by atoms with E-state index in [1.54, 1.807) is 12.1 Å². The summed E-state index contributed by atoms with van der Waals surface area (Å²) in [6.07, 6.45) is 1.31. The lowest BCUT2D eigenvalue weighted by atomic mass is 9.94. The summed E-state index contributed by atoms with van der Waals surface area (Å²) in [5, 5.41) is 0. The largest absolute Gasteiger partial charge is 0.389 e. The Balaban J connectivity index is 2.26. The van der Waals surface area contributed by atoms with Gasteiger partial charge in [-0.15, -0.1) is 0 Å². The Labute approximate surface area is 124 Å². The Hall–Kier alpha value is -1.02. The lowest BCUT2D eigenvalue weighted by Gasteiger charge is -2.34. The first-order chi connectivity index (χ1) is 9.32. The predicted molar refractivity (Wildman–Crippen MR) is 81.1 cm³/mol. The van der Waals surface area contributed by atoms with Crippen molar-refractivity contribution in [3.63, 3.8) is 0 Å². The molecule has 3 N–H and O–H groups in total. The van der Waals surface area contributed by atoms with Gasteiger partial charge in [0.25, 0.3) is 0 Å². The fraction of sp³-hybridized carbons (Fsp3) is 0.462. The third-order valence-electron chi connectivity index (χ3n) is 3.41. The second-order valence-electron chi connectivity index (χ2n) is 5.17. The highest BCUT2D eigenvalue weighted by molar-refractivity contribution is 7.89. The SMILES string of the molecule is CC1(NS(=O)(=O)c2cccc(C(N)=S)c2)CCOCC1. The van der Waals surface area contributed by atoms with Crippen molar-refractivity contribution in [1.82, 2.24) is 4.72 Å². The van der Waals surface area contributed by atoms with E-state index in [9.17, 15) is 8.42 Å². The van der Waals surface area contributed by atoms with Gasteiger partial charge in [0.1, 0.15) is 4.99 Å². The molecule has 1 fully saturated rings. The number of sulfonamides is 1. The first-order valence-electron chi connectivity index (χ1n) is 6.34. The molecule has 0 aromatic heterocycles. The summed E-state index contributed by atoms with van der Waals surface area (Å²) in [5.74, 6) is 0. The van der Waals surface area contributed by atoms with Crippen molar-refractivity contribution in [3.05, 3.63) is 29.8 Å². The van der Waals surface area contributed by atoms with Gasteiger partial charge in [-0.1, -0.05) is 24.4 Å². The second-order valence-corrected chi connectivity index (χ2v) is 7.29. The standard InChI is InChI=1S/C13H18N2O3S2/c1-13(5-7-18-8-6-13)15-20(16,17)11-4-2-3-10(9-11)12(14)19/h2-4,9,15H,5-8H2,1H3,(H2,14,19). The van der Waals surface area contributed by atoms with Crippen molar-refractivity contribution >= 4 is 27.2 Å². The van der Waals surface area contributed by atoms with Gasteiger partial charge < -0.3 is 10.5 Å². The smallest absolute Gasteiger partial charge is 0.241 e. The van der Waals surface area contributed by atoms with Crippen LogP contribution in [0.25, 0.3) is 0 Å². The van der Waals surface area contributed by atoms with Crippen LogP contribution >= 0.6 is 12.2 Å². The minimum Gasteiger partial charge on any atom is -0.389 e. The van der Waals surface area contributed by atoms with Crippen LogP contribution in [0.4, 0.5) is 0 Å². The predicted octanol–water partition coefficient (Wildman–Crippen LogP) is 1.17. The Bertz CT molecular complexity index is 608. The van der Waals surface area contributed by atoms with Crippen LogP contribution in [0.15, 0.2) is 29.2 Å². The molecule has 1 heterocycles. The monoisotopic (exact) mass is 314 g/mol. The summed E-state index contributed by atoms with van der Waals surface area (Å²) in [7, 11) is -3.60. The average Bonchev–Trinajstić information content (AvgIpc) is 2.38. The zero-order valence-electron chi connectivity index (χ0n) is 11.3. The van der Waals surface area contributed by atoms with Gasteiger partial charge >= 0.3 is 0 Å². The molecule has 2 rings (SSSR count). The summed E-state index contributed by atoms with van der Waals surface area (Å²) < 4.78 is 32.9. The van der Waals surface area contributed by atoms with Gasteiger partial charge in [0.15, 0.2) is 0 Å². The Morgan fingerprint density at radius 2 is 2.05 bits per heavy atom. The first kappa shape index (κ1) is 15.4. The van der Waals surface area contributed by atoms with Crippen molar-refractivity contribution in [1.29, 1.82) is 0 Å². The molecule has 110 valence electrons. The molecule has 1 aromatic rings. The van der Waals surface area contributed by atoms with E-state index in [0.717, 1.165) is 0 Å². The molecule has 1 saturated heterocycles. The maximum atomic E-state index is 12.4. The quantitative estimate of drug-likeness (QED) is 0.815. The molecule has 1 aromatic carbocycles. The highest BCUT2D eigenvalue weighted by atomic mass is 32.2. The van der Waals surface area contributed by atoms with Crippen LogP contribution in [0.1, 0.15) is 25.3 Å². The molecule has 0 unspecified atom stereocenters. The minimum absolute atomic E-state index is 0.176. The van der Waals surface area contributed by atoms with Gasteiger partial charge in [-0.2, -0.15) is 0 Å². The molecular formula is C13H18N2O3S2. The lowest BCUT2D eigenvalue weighted by molar-refractivity contribution is 0.0537. The number of nitrogens with one attached hydrogen (secondary N) is 1. The molecule has 0 amide bonds. The van der Waals surface area contributed by atoms with Crippen LogP contribution in [0.5, 0.6) is 0 Å². The number of ether oxygens (including phenoxy) is 1. The molecular weight excluding hydrogens is 296 g/mol. The Morgan fingerprint density at radius 1 is 1.40 bits per heavy atom. The molecule has 0 spiro atoms. The summed E-state index contributed by atoms with van der Waals surface area (Å²) >= 11 is 4.87. The Kier molecular flexibility index (Phi) is 4.43. The summed E-state index contributed by atoms with van der Waals surface area (Å²) in [5.41, 5.74) is 5.60. The average molecular weight is 314 g/mol. The molecule has 1 aliphatic rings. The van der Waals surface area contributed by atoms with E-state index in [1.807, 2.05) is 6.92 Å². The van der Waals surface area contributed by atoms with Crippen molar-refractivity contribution in [2.45, 2.75) is 30.2 Å². The van der Waals surface area contributed by atoms with Crippen molar-refractivity contribution < 1.29 is 13.2 Å². The van der Waals surface area contributed by atoms with E-state index in [4.69, 9.17) is 22.7 Å². The van der Waals surface area contributed by atoms with Gasteiger partial charge in [0.2, 0.25) is 10.0 Å². The summed E-state index contributed by atoms with van der Waals surface area (Å²) in [6, 6.07) is 6.35. The molecule has 7 heteroatoms. The van der Waals surface area contributed by atoms with E-state index in [-0.39, 0.29) is 9.88 Å². The van der Waals surface area contributed by atoms with E-state index in [2.05, 4.69) is 4.72 Å². The number of thiocarbonyl (C=S) groups is 1. The van der Waals surface area contributed by atoms with E-state index in [0.29, 0.717) is 31.6 Å². The number of hydrogen-bond acceptors (Lipinski definition) is 4. The van der Waals surface area contributed by atoms with E-state index in [1.165, 1.54) is 12.1 Å². The maximum Gasteiger partial charge on any atom is 0.241 e. The molecule has 20 heavy (non-hydrogen) atoms. The molecule has 0 aliphatic carbocycles. The third-order valence-corrected chi connectivity index (χ3v) is 5.28. The van der Waals surface area contributed by atoms with Gasteiger partial charge in [-0.3, -0.25) is 0 Å².